The van der Waals surface area contributed by atoms with E-state index in [4.69, 9.17) is 4.74 Å². The van der Waals surface area contributed by atoms with E-state index >= 15 is 0 Å². The van der Waals surface area contributed by atoms with Gasteiger partial charge < -0.3 is 9.64 Å². The summed E-state index contributed by atoms with van der Waals surface area (Å²) in [7, 11) is -3.61. The van der Waals surface area contributed by atoms with Crippen molar-refractivity contribution < 1.29 is 17.9 Å². The summed E-state index contributed by atoms with van der Waals surface area (Å²) >= 11 is 0. The first-order valence-corrected chi connectivity index (χ1v) is 16.0. The van der Waals surface area contributed by atoms with Crippen LogP contribution >= 0.6 is 0 Å². The Morgan fingerprint density at radius 2 is 1.71 bits per heavy atom. The Bertz CT molecular complexity index is 1580. The second-order valence-electron chi connectivity index (χ2n) is 10.6. The Morgan fingerprint density at radius 1 is 0.902 bits per heavy atom. The van der Waals surface area contributed by atoms with Crippen LogP contribution in [-0.4, -0.2) is 61.9 Å². The zero-order valence-electron chi connectivity index (χ0n) is 23.5. The molecule has 7 nitrogen and oxygen atoms in total. The average molecular weight is 572 g/mol. The molecule has 1 aliphatic heterocycles. The van der Waals surface area contributed by atoms with Crippen LogP contribution in [0.3, 0.4) is 0 Å². The van der Waals surface area contributed by atoms with Crippen molar-refractivity contribution in [2.45, 2.75) is 43.4 Å². The molecule has 41 heavy (non-hydrogen) atoms. The van der Waals surface area contributed by atoms with Crippen LogP contribution in [0.5, 0.6) is 5.75 Å². The number of unbranched alkanes of at least 4 members (excludes halogenated alkanes) is 1. The highest BCUT2D eigenvalue weighted by Crippen LogP contribution is 2.24. The summed E-state index contributed by atoms with van der Waals surface area (Å²) in [4.78, 5) is 22.1. The molecule has 1 aliphatic rings. The normalized spacial score (nSPS) is 14.6. The summed E-state index contributed by atoms with van der Waals surface area (Å²) in [5.74, 6) is 0.735. The van der Waals surface area contributed by atoms with Crippen molar-refractivity contribution in [3.63, 3.8) is 0 Å². The number of pyridine rings is 1. The fourth-order valence-electron chi connectivity index (χ4n) is 5.21. The number of hydrogen-bond acceptors (Lipinski definition) is 6. The van der Waals surface area contributed by atoms with Gasteiger partial charge in [-0.05, 0) is 60.4 Å². The number of carbonyl (C=O) groups excluding carboxylic acids is 1. The number of fused-ring (bicyclic) bond motifs is 1. The Morgan fingerprint density at radius 3 is 2.54 bits per heavy atom. The second kappa shape index (κ2) is 13.3. The van der Waals surface area contributed by atoms with Crippen LogP contribution in [0.2, 0.25) is 0 Å². The third-order valence-electron chi connectivity index (χ3n) is 7.44. The number of amides is 1. The highest BCUT2D eigenvalue weighted by Gasteiger charge is 2.22. The zero-order valence-corrected chi connectivity index (χ0v) is 24.4. The van der Waals surface area contributed by atoms with Crippen LogP contribution < -0.4 is 4.74 Å². The monoisotopic (exact) mass is 571 g/mol. The van der Waals surface area contributed by atoms with Gasteiger partial charge in [-0.15, -0.1) is 0 Å². The lowest BCUT2D eigenvalue weighted by molar-refractivity contribution is 0.0761. The average Bonchev–Trinajstić information content (AvgIpc) is 3.22. The van der Waals surface area contributed by atoms with Gasteiger partial charge in [0.25, 0.3) is 5.91 Å². The minimum absolute atomic E-state index is 0.0224. The topological polar surface area (TPSA) is 79.8 Å². The minimum atomic E-state index is -3.61. The molecule has 0 bridgehead atoms. The lowest BCUT2D eigenvalue weighted by Gasteiger charge is -2.22. The van der Waals surface area contributed by atoms with Crippen molar-refractivity contribution >= 4 is 26.6 Å². The maximum absolute atomic E-state index is 13.3. The maximum atomic E-state index is 13.3. The van der Waals surface area contributed by atoms with Gasteiger partial charge in [0.05, 0.1) is 22.8 Å². The van der Waals surface area contributed by atoms with Crippen LogP contribution in [0.4, 0.5) is 0 Å². The zero-order chi connectivity index (χ0) is 28.7. The van der Waals surface area contributed by atoms with E-state index < -0.39 is 9.84 Å². The van der Waals surface area contributed by atoms with Crippen molar-refractivity contribution in [2.24, 2.45) is 0 Å². The standard InChI is InChI=1S/C33H37N3O4S/c1-2-3-22-40-30-11-4-8-27(23-30)24-35-18-7-19-36(21-20-35)33(37)29-15-13-26(14-16-29)25-41(38,39)31-12-5-9-28-10-6-17-34-32(28)31/h4-6,8-17,23H,2-3,7,18-22,24-25H2,1H3. The predicted octanol–water partition coefficient (Wildman–Crippen LogP) is 5.74. The number of benzene rings is 3. The molecule has 3 aromatic carbocycles. The number of carbonyl (C=O) groups is 1. The van der Waals surface area contributed by atoms with E-state index in [-0.39, 0.29) is 16.6 Å². The maximum Gasteiger partial charge on any atom is 0.253 e. The molecule has 0 unspecified atom stereocenters. The molecule has 0 saturated carbocycles. The first-order valence-electron chi connectivity index (χ1n) is 14.3. The van der Waals surface area contributed by atoms with Gasteiger partial charge in [-0.1, -0.05) is 55.8 Å². The molecule has 0 N–H and O–H groups in total. The molecule has 8 heteroatoms. The highest BCUT2D eigenvalue weighted by molar-refractivity contribution is 7.90. The van der Waals surface area contributed by atoms with Gasteiger partial charge in [0, 0.05) is 49.9 Å². The van der Waals surface area contributed by atoms with Crippen LogP contribution in [-0.2, 0) is 22.1 Å². The van der Waals surface area contributed by atoms with Gasteiger partial charge in [-0.2, -0.15) is 0 Å². The largest absolute Gasteiger partial charge is 0.494 e. The Kier molecular flexibility index (Phi) is 9.31. The lowest BCUT2D eigenvalue weighted by atomic mass is 10.1. The highest BCUT2D eigenvalue weighted by atomic mass is 32.2. The van der Waals surface area contributed by atoms with Gasteiger partial charge >= 0.3 is 0 Å². The number of aromatic nitrogens is 1. The quantitative estimate of drug-likeness (QED) is 0.226. The van der Waals surface area contributed by atoms with Crippen molar-refractivity contribution in [3.8, 4) is 5.75 Å². The molecular weight excluding hydrogens is 534 g/mol. The third kappa shape index (κ3) is 7.31. The molecule has 1 saturated heterocycles. The van der Waals surface area contributed by atoms with Crippen LogP contribution in [0.15, 0.2) is 90.0 Å². The number of ether oxygens (including phenoxy) is 1. The van der Waals surface area contributed by atoms with Gasteiger partial charge in [0.2, 0.25) is 0 Å². The molecule has 5 rings (SSSR count). The molecule has 1 fully saturated rings. The number of rotatable bonds is 10. The van der Waals surface area contributed by atoms with Gasteiger partial charge in [0.15, 0.2) is 9.84 Å². The van der Waals surface area contributed by atoms with Crippen molar-refractivity contribution in [3.05, 3.63) is 102 Å². The van der Waals surface area contributed by atoms with E-state index in [0.29, 0.717) is 29.7 Å². The molecule has 4 aromatic rings. The number of nitrogens with zero attached hydrogens (tertiary/aromatic N) is 3. The van der Waals surface area contributed by atoms with Crippen molar-refractivity contribution in [1.82, 2.24) is 14.8 Å². The smallest absolute Gasteiger partial charge is 0.253 e. The molecule has 0 radical (unpaired) electrons. The Hall–Kier alpha value is -3.75. The van der Waals surface area contributed by atoms with Gasteiger partial charge in [0.1, 0.15) is 5.75 Å². The SMILES string of the molecule is CCCCOc1cccc(CN2CCCN(C(=O)c3ccc(CS(=O)(=O)c4cccc5cccnc45)cc3)CC2)c1. The first-order chi connectivity index (χ1) is 19.9. The molecule has 1 aromatic heterocycles. The number of para-hydroxylation sites is 1. The van der Waals surface area contributed by atoms with Crippen LogP contribution in [0, 0.1) is 0 Å². The lowest BCUT2D eigenvalue weighted by Crippen LogP contribution is -2.35. The number of sulfone groups is 1. The molecule has 214 valence electrons. The Labute approximate surface area is 242 Å². The van der Waals surface area contributed by atoms with E-state index in [2.05, 4.69) is 28.9 Å². The molecular formula is C33H37N3O4S. The van der Waals surface area contributed by atoms with Crippen LogP contribution in [0.1, 0.15) is 47.7 Å². The summed E-state index contributed by atoms with van der Waals surface area (Å²) in [5, 5.41) is 0.787. The van der Waals surface area contributed by atoms with E-state index in [1.807, 2.05) is 29.2 Å². The van der Waals surface area contributed by atoms with Crippen molar-refractivity contribution in [2.75, 3.05) is 32.8 Å². The molecule has 0 atom stereocenters. The summed E-state index contributed by atoms with van der Waals surface area (Å²) < 4.78 is 32.3. The molecule has 0 spiro atoms. The van der Waals surface area contributed by atoms with E-state index in [9.17, 15) is 13.2 Å². The van der Waals surface area contributed by atoms with E-state index in [0.717, 1.165) is 56.6 Å². The predicted molar refractivity (Wildman–Crippen MR) is 162 cm³/mol. The molecule has 2 heterocycles. The fourth-order valence-corrected chi connectivity index (χ4v) is 6.75. The van der Waals surface area contributed by atoms with E-state index in [1.54, 1.807) is 48.7 Å². The van der Waals surface area contributed by atoms with Crippen LogP contribution in [0.25, 0.3) is 10.9 Å². The minimum Gasteiger partial charge on any atom is -0.494 e. The third-order valence-corrected chi connectivity index (χ3v) is 9.15. The van der Waals surface area contributed by atoms with Crippen molar-refractivity contribution in [1.29, 1.82) is 0 Å². The summed E-state index contributed by atoms with van der Waals surface area (Å²) in [6, 6.07) is 24.1. The number of hydrogen-bond donors (Lipinski definition) is 0. The van der Waals surface area contributed by atoms with Gasteiger partial charge in [-0.25, -0.2) is 8.42 Å². The summed E-state index contributed by atoms with van der Waals surface area (Å²) in [6.45, 7) is 6.77. The fraction of sp³-hybridized carbons (Fsp3) is 0.333. The summed E-state index contributed by atoms with van der Waals surface area (Å²) in [5.41, 5.74) is 2.90. The Balaban J connectivity index is 1.18. The molecule has 0 aliphatic carbocycles. The first kappa shape index (κ1) is 28.8. The second-order valence-corrected chi connectivity index (χ2v) is 12.5. The summed E-state index contributed by atoms with van der Waals surface area (Å²) in [6.07, 6.45) is 4.66. The molecule has 1 amide bonds. The van der Waals surface area contributed by atoms with Gasteiger partial charge in [-0.3, -0.25) is 14.7 Å². The van der Waals surface area contributed by atoms with E-state index in [1.165, 1.54) is 5.56 Å².